The first kappa shape index (κ1) is 32.5. The number of aromatic nitrogens is 4. The minimum atomic E-state index is -4.12. The Kier molecular flexibility index (Phi) is 9.50. The van der Waals surface area contributed by atoms with Crippen LogP contribution in [0, 0.1) is 5.92 Å². The van der Waals surface area contributed by atoms with Gasteiger partial charge in [-0.05, 0) is 37.5 Å². The lowest BCUT2D eigenvalue weighted by Crippen LogP contribution is -2.50. The molecule has 2 aliphatic rings. The fourth-order valence-electron chi connectivity index (χ4n) is 5.03. The van der Waals surface area contributed by atoms with E-state index in [1.807, 2.05) is 0 Å². The Morgan fingerprint density at radius 3 is 2.82 bits per heavy atom. The summed E-state index contributed by atoms with van der Waals surface area (Å²) in [4.78, 5) is 25.7. The van der Waals surface area contributed by atoms with E-state index in [1.165, 1.54) is 17.8 Å². The molecule has 240 valence electrons. The molecular weight excluding hydrogens is 619 g/mol. The molecule has 17 heteroatoms. The zero-order valence-electron chi connectivity index (χ0n) is 24.7. The number of phosphoric acid groups is 1. The first-order valence-corrected chi connectivity index (χ1v) is 16.0. The molecule has 2 fully saturated rings. The number of fused-ring (bicyclic) bond motifs is 1. The molecule has 0 radical (unpaired) electrons. The van der Waals surface area contributed by atoms with Crippen molar-refractivity contribution in [3.8, 4) is 5.88 Å². The van der Waals surface area contributed by atoms with Gasteiger partial charge in [0.1, 0.15) is 17.7 Å². The van der Waals surface area contributed by atoms with Gasteiger partial charge in [0.05, 0.1) is 32.3 Å². The number of aliphatic hydroxyl groups is 1. The van der Waals surface area contributed by atoms with Crippen molar-refractivity contribution in [2.75, 3.05) is 25.6 Å². The highest BCUT2D eigenvalue weighted by molar-refractivity contribution is 7.48. The van der Waals surface area contributed by atoms with Crippen LogP contribution in [0.25, 0.3) is 11.2 Å². The summed E-state index contributed by atoms with van der Waals surface area (Å²) in [5.74, 6) is -0.961. The van der Waals surface area contributed by atoms with Crippen LogP contribution >= 0.6 is 19.4 Å². The summed E-state index contributed by atoms with van der Waals surface area (Å²) < 4.78 is 49.4. The highest BCUT2D eigenvalue weighted by Gasteiger charge is 2.57. The number of imidazole rings is 1. The van der Waals surface area contributed by atoms with Crippen molar-refractivity contribution in [1.82, 2.24) is 19.5 Å². The topological polar surface area (TPSA) is 205 Å². The summed E-state index contributed by atoms with van der Waals surface area (Å²) in [5, 5.41) is 12.3. The molecule has 5 rings (SSSR count). The van der Waals surface area contributed by atoms with Crippen LogP contribution < -0.4 is 16.2 Å². The maximum atomic E-state index is 13.6. The molecule has 0 saturated carbocycles. The first-order chi connectivity index (χ1) is 20.8. The Morgan fingerprint density at radius 2 is 2.11 bits per heavy atom. The van der Waals surface area contributed by atoms with Crippen molar-refractivity contribution in [2.24, 2.45) is 11.7 Å². The number of anilines is 1. The van der Waals surface area contributed by atoms with Gasteiger partial charge in [0.25, 0.3) is 0 Å². The summed E-state index contributed by atoms with van der Waals surface area (Å²) in [6.45, 7) is 6.65. The van der Waals surface area contributed by atoms with Crippen LogP contribution in [0.4, 0.5) is 5.95 Å². The maximum Gasteiger partial charge on any atom is 0.475 e. The van der Waals surface area contributed by atoms with Gasteiger partial charge < -0.3 is 30.8 Å². The van der Waals surface area contributed by atoms with E-state index in [9.17, 15) is 14.5 Å². The third-order valence-corrected chi connectivity index (χ3v) is 9.11. The number of esters is 1. The SMILES string of the molecule is CCOc1nc(N)nc2c1ncn2C1OC(COP2(=O)OCCC(c3cccc(Cl)c3)O2)C(OC(=O)C(N)C(C)C)C1(C)O. The van der Waals surface area contributed by atoms with Gasteiger partial charge in [0.15, 0.2) is 23.5 Å². The van der Waals surface area contributed by atoms with Crippen LogP contribution in [0.2, 0.25) is 5.02 Å². The van der Waals surface area contributed by atoms with Gasteiger partial charge in [0.2, 0.25) is 11.8 Å². The number of carbonyl (C=O) groups is 1. The standard InChI is InChI=1S/C27H36ClN6O9P/c1-5-38-23-20-22(32-26(30)33-23)34(13-31-20)25-27(4,36)21(42-24(35)19(29)14(2)3)18(41-25)12-40-44(37)39-10-9-17(43-44)15-7-6-8-16(28)11-15/h6-8,11,13-14,17-19,21,25,36H,5,9-10,12,29H2,1-4H3,(H2,30,32,33). The van der Waals surface area contributed by atoms with Crippen molar-refractivity contribution in [1.29, 1.82) is 0 Å². The second-order valence-corrected chi connectivity index (χ2v) is 13.1. The van der Waals surface area contributed by atoms with Gasteiger partial charge >= 0.3 is 13.8 Å². The Hall–Kier alpha value is -2.88. The van der Waals surface area contributed by atoms with Gasteiger partial charge in [0, 0.05) is 11.4 Å². The fourth-order valence-corrected chi connectivity index (χ4v) is 6.62. The smallest absolute Gasteiger partial charge is 0.475 e. The Balaban J connectivity index is 1.43. The number of carbonyl (C=O) groups excluding carboxylic acids is 1. The molecule has 1 aromatic carbocycles. The summed E-state index contributed by atoms with van der Waals surface area (Å²) in [5.41, 5.74) is 11.3. The minimum Gasteiger partial charge on any atom is -0.476 e. The van der Waals surface area contributed by atoms with Gasteiger partial charge in [-0.3, -0.25) is 22.9 Å². The number of phosphoric ester groups is 1. The summed E-state index contributed by atoms with van der Waals surface area (Å²) in [6.07, 6.45) is -2.55. The van der Waals surface area contributed by atoms with Crippen LogP contribution in [0.3, 0.4) is 0 Å². The molecule has 3 aromatic rings. The van der Waals surface area contributed by atoms with E-state index in [1.54, 1.807) is 45.0 Å². The highest BCUT2D eigenvalue weighted by Crippen LogP contribution is 2.57. The van der Waals surface area contributed by atoms with Gasteiger partial charge in [-0.25, -0.2) is 9.55 Å². The number of nitrogens with zero attached hydrogens (tertiary/aromatic N) is 4. The van der Waals surface area contributed by atoms with E-state index in [2.05, 4.69) is 15.0 Å². The second-order valence-electron chi connectivity index (χ2n) is 11.0. The predicted molar refractivity (Wildman–Crippen MR) is 158 cm³/mol. The number of rotatable bonds is 10. The number of hydrogen-bond acceptors (Lipinski definition) is 14. The molecule has 7 atom stereocenters. The monoisotopic (exact) mass is 654 g/mol. The predicted octanol–water partition coefficient (Wildman–Crippen LogP) is 3.31. The summed E-state index contributed by atoms with van der Waals surface area (Å²) in [6, 6.07) is 6.00. The lowest BCUT2D eigenvalue weighted by molar-refractivity contribution is -0.166. The second kappa shape index (κ2) is 12.9. The van der Waals surface area contributed by atoms with Gasteiger partial charge in [-0.1, -0.05) is 37.6 Å². The molecule has 44 heavy (non-hydrogen) atoms. The quantitative estimate of drug-likeness (QED) is 0.212. The average Bonchev–Trinajstić information content (AvgIpc) is 3.49. The van der Waals surface area contributed by atoms with Crippen molar-refractivity contribution in [3.63, 3.8) is 0 Å². The fraction of sp³-hybridized carbons (Fsp3) is 0.556. The third-order valence-electron chi connectivity index (χ3n) is 7.39. The molecule has 0 amide bonds. The molecule has 0 bridgehead atoms. The number of ether oxygens (including phenoxy) is 3. The van der Waals surface area contributed by atoms with Crippen LogP contribution in [-0.2, 0) is 32.4 Å². The summed E-state index contributed by atoms with van der Waals surface area (Å²) >= 11 is 6.13. The molecule has 0 aliphatic carbocycles. The number of halogens is 1. The van der Waals surface area contributed by atoms with Crippen LogP contribution in [0.1, 0.15) is 52.0 Å². The molecule has 2 saturated heterocycles. The molecule has 7 unspecified atom stereocenters. The van der Waals surface area contributed by atoms with Gasteiger partial charge in [-0.2, -0.15) is 9.97 Å². The highest BCUT2D eigenvalue weighted by atomic mass is 35.5. The van der Waals surface area contributed by atoms with E-state index in [4.69, 9.17) is 50.9 Å². The minimum absolute atomic E-state index is 0.0896. The van der Waals surface area contributed by atoms with Crippen LogP contribution in [0.5, 0.6) is 5.88 Å². The molecule has 2 aromatic heterocycles. The largest absolute Gasteiger partial charge is 0.476 e. The van der Waals surface area contributed by atoms with Crippen molar-refractivity contribution in [3.05, 3.63) is 41.2 Å². The lowest BCUT2D eigenvalue weighted by atomic mass is 9.95. The molecular formula is C27H36ClN6O9P. The van der Waals surface area contributed by atoms with Crippen molar-refractivity contribution >= 4 is 42.5 Å². The van der Waals surface area contributed by atoms with Crippen molar-refractivity contribution in [2.45, 2.75) is 70.3 Å². The van der Waals surface area contributed by atoms with E-state index in [-0.39, 0.29) is 35.5 Å². The number of benzene rings is 1. The molecule has 5 N–H and O–H groups in total. The third kappa shape index (κ3) is 6.56. The van der Waals surface area contributed by atoms with Gasteiger partial charge in [-0.15, -0.1) is 0 Å². The zero-order valence-corrected chi connectivity index (χ0v) is 26.3. The van der Waals surface area contributed by atoms with Crippen molar-refractivity contribution < 1.29 is 42.2 Å². The van der Waals surface area contributed by atoms with E-state index >= 15 is 0 Å². The van der Waals surface area contributed by atoms with E-state index in [0.29, 0.717) is 23.6 Å². The molecule has 0 spiro atoms. The number of nitrogen functional groups attached to an aromatic ring is 1. The Morgan fingerprint density at radius 1 is 1.34 bits per heavy atom. The Labute approximate surface area is 258 Å². The molecule has 2 aliphatic heterocycles. The maximum absolute atomic E-state index is 13.6. The Bertz CT molecular complexity index is 1560. The van der Waals surface area contributed by atoms with E-state index in [0.717, 1.165) is 0 Å². The van der Waals surface area contributed by atoms with Crippen LogP contribution in [-0.4, -0.2) is 74.3 Å². The normalized spacial score (nSPS) is 29.6. The number of hydrogen-bond donors (Lipinski definition) is 3. The lowest BCUT2D eigenvalue weighted by Gasteiger charge is -2.32. The first-order valence-electron chi connectivity index (χ1n) is 14.1. The zero-order chi connectivity index (χ0) is 31.8. The number of nitrogens with two attached hydrogens (primary N) is 2. The van der Waals surface area contributed by atoms with Crippen LogP contribution in [0.15, 0.2) is 30.6 Å². The average molecular weight is 655 g/mol. The molecule has 4 heterocycles. The summed E-state index contributed by atoms with van der Waals surface area (Å²) in [7, 11) is -4.12. The molecule has 15 nitrogen and oxygen atoms in total. The van der Waals surface area contributed by atoms with E-state index < -0.39 is 56.6 Å².